The van der Waals surface area contributed by atoms with Gasteiger partial charge in [0.15, 0.2) is 0 Å². The van der Waals surface area contributed by atoms with Crippen LogP contribution in [0.3, 0.4) is 0 Å². The highest BCUT2D eigenvalue weighted by molar-refractivity contribution is 5.87. The van der Waals surface area contributed by atoms with Gasteiger partial charge in [0, 0.05) is 11.8 Å². The van der Waals surface area contributed by atoms with E-state index in [0.29, 0.717) is 30.1 Å². The molecule has 2 nitrogen and oxygen atoms in total. The summed E-state index contributed by atoms with van der Waals surface area (Å²) in [6, 6.07) is 0. The lowest BCUT2D eigenvalue weighted by Crippen LogP contribution is -2.51. The fourth-order valence-corrected chi connectivity index (χ4v) is 4.65. The first-order valence-electron chi connectivity index (χ1n) is 8.78. The quantitative estimate of drug-likeness (QED) is 0.551. The molecule has 0 spiro atoms. The molecule has 3 aliphatic rings. The SMILES string of the molecule is C=C1CC[C@H]2O[C@]2(C)CC[C@@H]2[C@@H]1C[C@@]2(C)C(=O)CC=C(C)C. The largest absolute Gasteiger partial charge is 0.366 e. The number of ether oxygens (including phenoxy) is 1. The van der Waals surface area contributed by atoms with Crippen molar-refractivity contribution in [3.8, 4) is 0 Å². The molecule has 0 aromatic heterocycles. The highest BCUT2D eigenvalue weighted by Gasteiger charge is 2.58. The van der Waals surface area contributed by atoms with E-state index in [0.717, 1.165) is 32.1 Å². The van der Waals surface area contributed by atoms with E-state index in [4.69, 9.17) is 4.74 Å². The van der Waals surface area contributed by atoms with E-state index in [1.54, 1.807) is 0 Å². The van der Waals surface area contributed by atoms with Crippen molar-refractivity contribution in [3.63, 3.8) is 0 Å². The number of allylic oxidation sites excluding steroid dienone is 3. The van der Waals surface area contributed by atoms with Crippen molar-refractivity contribution in [3.05, 3.63) is 23.8 Å². The molecular weight excluding hydrogens is 272 g/mol. The van der Waals surface area contributed by atoms with E-state index in [2.05, 4.69) is 40.3 Å². The van der Waals surface area contributed by atoms with Crippen LogP contribution >= 0.6 is 0 Å². The Morgan fingerprint density at radius 2 is 2.09 bits per heavy atom. The first-order chi connectivity index (χ1) is 10.3. The number of hydrogen-bond acceptors (Lipinski definition) is 2. The van der Waals surface area contributed by atoms with E-state index < -0.39 is 0 Å². The number of fused-ring (bicyclic) bond motifs is 2. The highest BCUT2D eigenvalue weighted by Crippen LogP contribution is 2.60. The second-order valence-corrected chi connectivity index (χ2v) is 8.40. The average molecular weight is 302 g/mol. The van der Waals surface area contributed by atoms with Crippen molar-refractivity contribution < 1.29 is 9.53 Å². The Hall–Kier alpha value is -0.890. The van der Waals surface area contributed by atoms with Crippen molar-refractivity contribution >= 4 is 5.78 Å². The predicted octanol–water partition coefficient (Wildman–Crippen LogP) is 4.84. The van der Waals surface area contributed by atoms with Gasteiger partial charge in [-0.3, -0.25) is 4.79 Å². The zero-order valence-electron chi connectivity index (χ0n) is 14.6. The van der Waals surface area contributed by atoms with Gasteiger partial charge in [0.25, 0.3) is 0 Å². The third-order valence-electron chi connectivity index (χ3n) is 6.52. The molecule has 5 atom stereocenters. The van der Waals surface area contributed by atoms with Gasteiger partial charge in [0.2, 0.25) is 0 Å². The lowest BCUT2D eigenvalue weighted by Gasteiger charge is -2.53. The highest BCUT2D eigenvalue weighted by atomic mass is 16.6. The second-order valence-electron chi connectivity index (χ2n) is 8.40. The zero-order chi connectivity index (χ0) is 16.1. The summed E-state index contributed by atoms with van der Waals surface area (Å²) in [7, 11) is 0. The number of Topliss-reactive ketones (excluding diaryl/α,β-unsaturated/α-hetero) is 1. The Morgan fingerprint density at radius 3 is 2.77 bits per heavy atom. The number of carbonyl (C=O) groups is 1. The molecule has 122 valence electrons. The summed E-state index contributed by atoms with van der Waals surface area (Å²) in [6.07, 6.45) is 8.48. The van der Waals surface area contributed by atoms with Gasteiger partial charge in [-0.15, -0.1) is 0 Å². The van der Waals surface area contributed by atoms with E-state index in [9.17, 15) is 4.79 Å². The molecule has 3 rings (SSSR count). The molecule has 0 aromatic rings. The van der Waals surface area contributed by atoms with E-state index in [1.807, 2.05) is 0 Å². The molecule has 1 aliphatic heterocycles. The van der Waals surface area contributed by atoms with Crippen molar-refractivity contribution in [2.45, 2.75) is 77.9 Å². The number of carbonyl (C=O) groups excluding carboxylic acids is 1. The second kappa shape index (κ2) is 5.33. The molecule has 2 aliphatic carbocycles. The van der Waals surface area contributed by atoms with Gasteiger partial charge in [-0.2, -0.15) is 0 Å². The summed E-state index contributed by atoms with van der Waals surface area (Å²) in [4.78, 5) is 12.8. The van der Waals surface area contributed by atoms with Gasteiger partial charge in [-0.1, -0.05) is 30.7 Å². The van der Waals surface area contributed by atoms with E-state index in [-0.39, 0.29) is 11.0 Å². The molecular formula is C20H30O2. The van der Waals surface area contributed by atoms with Crippen LogP contribution in [0.1, 0.15) is 66.2 Å². The average Bonchev–Trinajstić information content (AvgIpc) is 3.08. The molecule has 0 amide bonds. The van der Waals surface area contributed by atoms with Crippen LogP contribution in [0.4, 0.5) is 0 Å². The molecule has 0 unspecified atom stereocenters. The Morgan fingerprint density at radius 1 is 1.36 bits per heavy atom. The van der Waals surface area contributed by atoms with Gasteiger partial charge >= 0.3 is 0 Å². The first kappa shape index (κ1) is 16.0. The van der Waals surface area contributed by atoms with Crippen LogP contribution in [0.2, 0.25) is 0 Å². The third kappa shape index (κ3) is 2.60. The van der Waals surface area contributed by atoms with Crippen LogP contribution in [0.15, 0.2) is 23.8 Å². The van der Waals surface area contributed by atoms with E-state index in [1.165, 1.54) is 11.1 Å². The maximum absolute atomic E-state index is 12.8. The molecule has 1 saturated heterocycles. The van der Waals surface area contributed by atoms with Crippen LogP contribution in [0, 0.1) is 17.3 Å². The minimum absolute atomic E-state index is 0.0780. The number of hydrogen-bond donors (Lipinski definition) is 0. The lowest BCUT2D eigenvalue weighted by molar-refractivity contribution is -0.142. The standard InChI is InChI=1S/C20H30O2/c1-13(2)6-8-17(21)19(4)12-15-14(3)7-9-18-20(5,22-18)11-10-16(15)19/h6,15-16,18H,3,7-12H2,1-2,4-5H3/t15-,16-,18-,19-,20-/m1/s1. The smallest absolute Gasteiger partial charge is 0.142 e. The topological polar surface area (TPSA) is 29.6 Å². The summed E-state index contributed by atoms with van der Waals surface area (Å²) in [5, 5.41) is 0. The van der Waals surface area contributed by atoms with Gasteiger partial charge in [0.1, 0.15) is 5.78 Å². The maximum Gasteiger partial charge on any atom is 0.142 e. The van der Waals surface area contributed by atoms with Crippen molar-refractivity contribution in [2.75, 3.05) is 0 Å². The number of rotatable bonds is 3. The Labute approximate surface area is 135 Å². The molecule has 2 saturated carbocycles. The van der Waals surface area contributed by atoms with Crippen molar-refractivity contribution in [1.82, 2.24) is 0 Å². The summed E-state index contributed by atoms with van der Waals surface area (Å²) < 4.78 is 5.91. The molecule has 0 radical (unpaired) electrons. The Bertz CT molecular complexity index is 528. The van der Waals surface area contributed by atoms with Gasteiger partial charge in [-0.05, 0) is 64.7 Å². The number of ketones is 1. The third-order valence-corrected chi connectivity index (χ3v) is 6.52. The molecule has 0 bridgehead atoms. The van der Waals surface area contributed by atoms with Crippen molar-refractivity contribution in [2.24, 2.45) is 17.3 Å². The molecule has 0 aromatic carbocycles. The van der Waals surface area contributed by atoms with Crippen LogP contribution in [0.5, 0.6) is 0 Å². The summed E-state index contributed by atoms with van der Waals surface area (Å²) in [6.45, 7) is 12.9. The van der Waals surface area contributed by atoms with Crippen LogP contribution in [0.25, 0.3) is 0 Å². The fourth-order valence-electron chi connectivity index (χ4n) is 4.65. The van der Waals surface area contributed by atoms with Crippen LogP contribution in [-0.4, -0.2) is 17.5 Å². The summed E-state index contributed by atoms with van der Waals surface area (Å²) >= 11 is 0. The monoisotopic (exact) mass is 302 g/mol. The van der Waals surface area contributed by atoms with Gasteiger partial charge in [0.05, 0.1) is 11.7 Å². The van der Waals surface area contributed by atoms with Crippen molar-refractivity contribution in [1.29, 1.82) is 0 Å². The van der Waals surface area contributed by atoms with Crippen LogP contribution in [-0.2, 0) is 9.53 Å². The molecule has 1 heterocycles. The normalized spacial score (nSPS) is 43.6. The van der Waals surface area contributed by atoms with Crippen LogP contribution < -0.4 is 0 Å². The molecule has 0 N–H and O–H groups in total. The molecule has 2 heteroatoms. The fraction of sp³-hybridized carbons (Fsp3) is 0.750. The minimum atomic E-state index is -0.148. The minimum Gasteiger partial charge on any atom is -0.366 e. The first-order valence-corrected chi connectivity index (χ1v) is 8.78. The summed E-state index contributed by atoms with van der Waals surface area (Å²) in [5.74, 6) is 1.44. The Balaban J connectivity index is 1.74. The zero-order valence-corrected chi connectivity index (χ0v) is 14.6. The lowest BCUT2D eigenvalue weighted by atomic mass is 9.49. The van der Waals surface area contributed by atoms with Gasteiger partial charge < -0.3 is 4.74 Å². The summed E-state index contributed by atoms with van der Waals surface area (Å²) in [5.41, 5.74) is 2.52. The Kier molecular flexibility index (Phi) is 3.87. The maximum atomic E-state index is 12.8. The molecule has 3 fully saturated rings. The number of epoxide rings is 1. The predicted molar refractivity (Wildman–Crippen MR) is 89.6 cm³/mol. The van der Waals surface area contributed by atoms with Gasteiger partial charge in [-0.25, -0.2) is 0 Å². The molecule has 22 heavy (non-hydrogen) atoms. The van der Waals surface area contributed by atoms with E-state index >= 15 is 0 Å².